The van der Waals surface area contributed by atoms with Crippen molar-refractivity contribution in [2.75, 3.05) is 17.7 Å². The van der Waals surface area contributed by atoms with E-state index in [1.54, 1.807) is 50.2 Å². The van der Waals surface area contributed by atoms with Crippen molar-refractivity contribution in [3.05, 3.63) is 82.8 Å². The van der Waals surface area contributed by atoms with Crippen molar-refractivity contribution in [2.24, 2.45) is 17.8 Å². The minimum Gasteiger partial charge on any atom is -0.467 e. The molecule has 2 aromatic carbocycles. The van der Waals surface area contributed by atoms with Crippen molar-refractivity contribution in [3.8, 4) is 17.3 Å². The summed E-state index contributed by atoms with van der Waals surface area (Å²) in [6.45, 7) is 7.18. The topological polar surface area (TPSA) is 191 Å². The minimum absolute atomic E-state index is 0.0575. The number of ketones is 1. The fourth-order valence-corrected chi connectivity index (χ4v) is 8.38. The molecule has 0 saturated heterocycles. The number of carbonyl (C=O) groups excluding carboxylic acids is 3. The maximum atomic E-state index is 14.1. The maximum Gasteiger partial charge on any atom is 0.360 e. The smallest absolute Gasteiger partial charge is 0.360 e. The van der Waals surface area contributed by atoms with Crippen LogP contribution in [0, 0.1) is 17.8 Å². The van der Waals surface area contributed by atoms with E-state index in [0.29, 0.717) is 28.1 Å². The molecule has 7 rings (SSSR count). The Hall–Kier alpha value is -5.02. The number of aromatic nitrogens is 2. The maximum absolute atomic E-state index is 14.1. The zero-order valence-corrected chi connectivity index (χ0v) is 29.7. The number of esters is 1. The van der Waals surface area contributed by atoms with Gasteiger partial charge in [-0.05, 0) is 36.0 Å². The lowest BCUT2D eigenvalue weighted by Crippen LogP contribution is -2.48. The second-order valence-electron chi connectivity index (χ2n) is 13.9. The fraction of sp³-hybridized carbons (Fsp3) is 0.417. The predicted molar refractivity (Wildman–Crippen MR) is 181 cm³/mol. The highest BCUT2D eigenvalue weighted by molar-refractivity contribution is 7.92. The number of benzene rings is 2. The molecule has 0 saturated carbocycles. The molecule has 4 aromatic rings. The lowest BCUT2D eigenvalue weighted by Gasteiger charge is -2.30. The van der Waals surface area contributed by atoms with E-state index in [4.69, 9.17) is 23.3 Å². The number of oxazole rings is 2. The van der Waals surface area contributed by atoms with E-state index in [1.807, 2.05) is 19.9 Å². The average Bonchev–Trinajstić information content (AvgIpc) is 3.85. The SMILES string of the molecule is COC(=O)c1coc(-c2nc3oc2C24c5cc(ccc5O[C@@H]2N(S(C)(=O)=O)c2ccccc24)CC(CC(=O)[C@@H](O)C(C)C)C(=O)N[C@H]3C(C)C)n1. The van der Waals surface area contributed by atoms with E-state index in [9.17, 15) is 27.9 Å². The Kier molecular flexibility index (Phi) is 8.33. The first kappa shape index (κ1) is 34.4. The molecule has 4 bridgehead atoms. The van der Waals surface area contributed by atoms with Crippen LogP contribution in [0.2, 0.25) is 0 Å². The van der Waals surface area contributed by atoms with Gasteiger partial charge in [-0.25, -0.2) is 27.5 Å². The summed E-state index contributed by atoms with van der Waals surface area (Å²) >= 11 is 0. The molecule has 268 valence electrons. The second kappa shape index (κ2) is 12.3. The molecule has 1 spiro atoms. The molecular weight excluding hydrogens is 680 g/mol. The molecule has 2 aromatic heterocycles. The van der Waals surface area contributed by atoms with Gasteiger partial charge in [0.15, 0.2) is 22.9 Å². The van der Waals surface area contributed by atoms with Crippen LogP contribution in [0.5, 0.6) is 5.75 Å². The summed E-state index contributed by atoms with van der Waals surface area (Å²) in [6.07, 6.45) is -0.353. The van der Waals surface area contributed by atoms with Gasteiger partial charge in [-0.15, -0.1) is 0 Å². The molecule has 3 aliphatic heterocycles. The summed E-state index contributed by atoms with van der Waals surface area (Å²) in [5.41, 5.74) is 0.523. The quantitative estimate of drug-likeness (QED) is 0.250. The van der Waals surface area contributed by atoms with Crippen LogP contribution in [-0.2, 0) is 36.2 Å². The van der Waals surface area contributed by atoms with Crippen LogP contribution in [0.25, 0.3) is 11.6 Å². The Bertz CT molecular complexity index is 2170. The number of fused-ring (bicyclic) bond motifs is 4. The van der Waals surface area contributed by atoms with Crippen LogP contribution >= 0.6 is 0 Å². The van der Waals surface area contributed by atoms with Gasteiger partial charge in [-0.1, -0.05) is 58.0 Å². The summed E-state index contributed by atoms with van der Waals surface area (Å²) in [4.78, 5) is 49.0. The van der Waals surface area contributed by atoms with Gasteiger partial charge in [0.1, 0.15) is 29.6 Å². The Morgan fingerprint density at radius 2 is 1.86 bits per heavy atom. The Morgan fingerprint density at radius 3 is 2.55 bits per heavy atom. The number of sulfonamides is 1. The summed E-state index contributed by atoms with van der Waals surface area (Å²) in [5, 5.41) is 13.6. The summed E-state index contributed by atoms with van der Waals surface area (Å²) in [6, 6.07) is 11.4. The number of anilines is 1. The van der Waals surface area contributed by atoms with Crippen molar-refractivity contribution in [1.82, 2.24) is 15.3 Å². The summed E-state index contributed by atoms with van der Waals surface area (Å²) in [5.74, 6) is -2.73. The van der Waals surface area contributed by atoms with Gasteiger partial charge in [-0.2, -0.15) is 0 Å². The number of Topliss-reactive ketones (excluding diaryl/α,β-unsaturated/α-hetero) is 1. The number of hydrogen-bond acceptors (Lipinski definition) is 12. The zero-order chi connectivity index (χ0) is 36.6. The fourth-order valence-electron chi connectivity index (χ4n) is 7.32. The number of para-hydroxylation sites is 1. The number of hydrogen-bond donors (Lipinski definition) is 2. The Morgan fingerprint density at radius 1 is 1.12 bits per heavy atom. The molecule has 2 unspecified atom stereocenters. The number of nitrogens with zero attached hydrogens (tertiary/aromatic N) is 3. The Balaban J connectivity index is 1.53. The molecule has 5 atom stereocenters. The van der Waals surface area contributed by atoms with Crippen molar-refractivity contribution in [1.29, 1.82) is 0 Å². The normalized spacial score (nSPS) is 22.8. The van der Waals surface area contributed by atoms with Crippen LogP contribution in [0.3, 0.4) is 0 Å². The van der Waals surface area contributed by atoms with E-state index in [-0.39, 0.29) is 53.6 Å². The van der Waals surface area contributed by atoms with Gasteiger partial charge in [0.05, 0.1) is 19.1 Å². The number of aliphatic hydroxyl groups is 1. The van der Waals surface area contributed by atoms with E-state index in [0.717, 1.165) is 12.5 Å². The van der Waals surface area contributed by atoms with Crippen LogP contribution in [-0.4, -0.2) is 66.8 Å². The molecule has 2 N–H and O–H groups in total. The van der Waals surface area contributed by atoms with E-state index >= 15 is 0 Å². The molecule has 0 fully saturated rings. The Labute approximate surface area is 294 Å². The highest BCUT2D eigenvalue weighted by Crippen LogP contribution is 2.62. The molecular formula is C36H38N4O10S. The van der Waals surface area contributed by atoms with E-state index < -0.39 is 57.4 Å². The molecule has 3 aliphatic rings. The summed E-state index contributed by atoms with van der Waals surface area (Å²) < 4.78 is 52.4. The molecule has 14 nitrogen and oxygen atoms in total. The third kappa shape index (κ3) is 5.41. The first-order valence-electron chi connectivity index (χ1n) is 16.6. The number of ether oxygens (including phenoxy) is 2. The second-order valence-corrected chi connectivity index (χ2v) is 15.8. The molecule has 15 heteroatoms. The highest BCUT2D eigenvalue weighted by Gasteiger charge is 2.65. The first-order chi connectivity index (χ1) is 24.2. The number of carbonyl (C=O) groups is 3. The van der Waals surface area contributed by atoms with Crippen molar-refractivity contribution >= 4 is 33.4 Å². The van der Waals surface area contributed by atoms with E-state index in [1.165, 1.54) is 11.4 Å². The lowest BCUT2D eigenvalue weighted by atomic mass is 9.72. The number of nitrogens with one attached hydrogen (secondary N) is 1. The standard InChI is InChI=1S/C36H38N4O10S/c1-17(2)27-33-39-28(32-37-23(16-48-32)34(44)47-5)30(50-33)36-21-9-7-8-10-24(21)40(51(6,45)46)35(36)49-26-12-11-19(14-22(26)36)13-20(31(43)38-27)15-25(41)29(42)18(3)4/h7-12,14,16-18,20,27,29,35,42H,13,15H2,1-6H3,(H,38,43)/t20?,27-,29-,35-,36?/m0/s1. The zero-order valence-electron chi connectivity index (χ0n) is 28.9. The predicted octanol–water partition coefficient (Wildman–Crippen LogP) is 3.91. The van der Waals surface area contributed by atoms with Gasteiger partial charge < -0.3 is 28.7 Å². The number of methoxy groups -OCH3 is 1. The van der Waals surface area contributed by atoms with Crippen LogP contribution in [0.15, 0.2) is 57.6 Å². The highest BCUT2D eigenvalue weighted by atomic mass is 32.2. The third-order valence-corrected chi connectivity index (χ3v) is 10.9. The van der Waals surface area contributed by atoms with Crippen LogP contribution in [0.4, 0.5) is 5.69 Å². The van der Waals surface area contributed by atoms with Gasteiger partial charge in [0, 0.05) is 23.5 Å². The average molecular weight is 719 g/mol. The van der Waals surface area contributed by atoms with Crippen molar-refractivity contribution < 1.29 is 46.2 Å². The van der Waals surface area contributed by atoms with E-state index in [2.05, 4.69) is 10.3 Å². The molecule has 0 radical (unpaired) electrons. The van der Waals surface area contributed by atoms with Crippen LogP contribution < -0.4 is 14.4 Å². The number of amides is 1. The largest absolute Gasteiger partial charge is 0.467 e. The van der Waals surface area contributed by atoms with Crippen molar-refractivity contribution in [3.63, 3.8) is 0 Å². The van der Waals surface area contributed by atoms with Gasteiger partial charge in [0.25, 0.3) is 0 Å². The monoisotopic (exact) mass is 718 g/mol. The summed E-state index contributed by atoms with van der Waals surface area (Å²) in [7, 11) is -2.76. The lowest BCUT2D eigenvalue weighted by molar-refractivity contribution is -0.135. The van der Waals surface area contributed by atoms with Gasteiger partial charge in [0.2, 0.25) is 33.9 Å². The molecule has 0 aliphatic carbocycles. The van der Waals surface area contributed by atoms with Gasteiger partial charge in [-0.3, -0.25) is 9.59 Å². The number of aliphatic hydroxyl groups excluding tert-OH is 1. The third-order valence-electron chi connectivity index (χ3n) is 9.81. The molecule has 51 heavy (non-hydrogen) atoms. The molecule has 5 heterocycles. The van der Waals surface area contributed by atoms with Crippen molar-refractivity contribution in [2.45, 2.75) is 64.3 Å². The van der Waals surface area contributed by atoms with Gasteiger partial charge >= 0.3 is 5.97 Å². The molecule has 1 amide bonds. The minimum atomic E-state index is -3.97. The van der Waals surface area contributed by atoms with Crippen LogP contribution in [0.1, 0.15) is 79.0 Å². The first-order valence-corrected chi connectivity index (χ1v) is 18.5. The number of rotatable bonds is 8.